The minimum absolute atomic E-state index is 0.0130. The first-order chi connectivity index (χ1) is 12.3. The van der Waals surface area contributed by atoms with E-state index in [4.69, 9.17) is 9.47 Å². The molecule has 3 atom stereocenters. The number of amides is 1. The van der Waals surface area contributed by atoms with Gasteiger partial charge >= 0.3 is 6.09 Å². The highest BCUT2D eigenvalue weighted by molar-refractivity contribution is 5.70. The molecule has 2 rings (SSSR count). The fourth-order valence-corrected chi connectivity index (χ4v) is 3.30. The van der Waals surface area contributed by atoms with E-state index < -0.39 is 53.9 Å². The zero-order chi connectivity index (χ0) is 20.6. The highest BCUT2D eigenvalue weighted by atomic mass is 19.1. The summed E-state index contributed by atoms with van der Waals surface area (Å²) in [7, 11) is 0. The van der Waals surface area contributed by atoms with Crippen LogP contribution >= 0.6 is 0 Å². The van der Waals surface area contributed by atoms with Crippen LogP contribution < -0.4 is 0 Å². The topological polar surface area (TPSA) is 79.2 Å². The number of carbonyl (C=O) groups is 1. The highest BCUT2D eigenvalue weighted by Gasteiger charge is 2.53. The molecule has 1 aliphatic heterocycles. The van der Waals surface area contributed by atoms with Gasteiger partial charge in [0.25, 0.3) is 0 Å². The van der Waals surface area contributed by atoms with Crippen molar-refractivity contribution in [2.75, 3.05) is 6.61 Å². The molecule has 152 valence electrons. The molecule has 0 radical (unpaired) electrons. The number of hydrogen-bond acceptors (Lipinski definition) is 5. The molecular weight excluding hydrogens is 360 g/mol. The molecule has 1 heterocycles. The lowest BCUT2D eigenvalue weighted by Crippen LogP contribution is -2.52. The van der Waals surface area contributed by atoms with E-state index >= 15 is 0 Å². The molecule has 27 heavy (non-hydrogen) atoms. The van der Waals surface area contributed by atoms with E-state index in [1.54, 1.807) is 34.6 Å². The van der Waals surface area contributed by atoms with Crippen LogP contribution in [0.5, 0.6) is 0 Å². The lowest BCUT2D eigenvalue weighted by molar-refractivity contribution is -0.110. The molecule has 0 aliphatic carbocycles. The third-order valence-corrected chi connectivity index (χ3v) is 4.24. The predicted octanol–water partition coefficient (Wildman–Crippen LogP) is 2.60. The second-order valence-corrected chi connectivity index (χ2v) is 8.18. The Kier molecular flexibility index (Phi) is 6.13. The van der Waals surface area contributed by atoms with Gasteiger partial charge in [0.1, 0.15) is 35.2 Å². The first-order valence-corrected chi connectivity index (χ1v) is 8.78. The van der Waals surface area contributed by atoms with Crippen LogP contribution in [0.4, 0.5) is 13.6 Å². The molecule has 1 fully saturated rings. The number of nitrogens with zero attached hydrogens (tertiary/aromatic N) is 1. The number of benzene rings is 1. The fraction of sp³-hybridized carbons (Fsp3) is 0.632. The van der Waals surface area contributed by atoms with Crippen molar-refractivity contribution in [1.29, 1.82) is 0 Å². The monoisotopic (exact) mass is 387 g/mol. The van der Waals surface area contributed by atoms with Crippen molar-refractivity contribution < 1.29 is 33.3 Å². The molecule has 6 nitrogen and oxygen atoms in total. The lowest BCUT2D eigenvalue weighted by atomic mass is 9.97. The summed E-state index contributed by atoms with van der Waals surface area (Å²) in [4.78, 5) is 14.1. The second-order valence-electron chi connectivity index (χ2n) is 8.18. The largest absolute Gasteiger partial charge is 0.444 e. The van der Waals surface area contributed by atoms with E-state index in [2.05, 4.69) is 0 Å². The molecule has 1 saturated heterocycles. The summed E-state index contributed by atoms with van der Waals surface area (Å²) in [5.74, 6) is -1.49. The molecule has 8 heteroatoms. The summed E-state index contributed by atoms with van der Waals surface area (Å²) < 4.78 is 38.4. The van der Waals surface area contributed by atoms with Gasteiger partial charge in [0.15, 0.2) is 0 Å². The maximum atomic E-state index is 13.6. The molecule has 1 unspecified atom stereocenters. The van der Waals surface area contributed by atoms with Crippen LogP contribution in [0.25, 0.3) is 0 Å². The van der Waals surface area contributed by atoms with Crippen molar-refractivity contribution in [3.8, 4) is 0 Å². The fourth-order valence-electron chi connectivity index (χ4n) is 3.30. The maximum Gasteiger partial charge on any atom is 0.412 e. The summed E-state index contributed by atoms with van der Waals surface area (Å²) in [6.45, 7) is 7.81. The van der Waals surface area contributed by atoms with E-state index in [0.29, 0.717) is 5.56 Å². The maximum absolute atomic E-state index is 13.6. The first-order valence-electron chi connectivity index (χ1n) is 8.78. The van der Waals surface area contributed by atoms with E-state index in [9.17, 15) is 23.8 Å². The van der Waals surface area contributed by atoms with Crippen molar-refractivity contribution in [3.05, 3.63) is 35.4 Å². The molecule has 2 N–H and O–H groups in total. The number of rotatable bonds is 4. The van der Waals surface area contributed by atoms with Crippen LogP contribution in [0.1, 0.15) is 40.2 Å². The third-order valence-electron chi connectivity index (χ3n) is 4.24. The van der Waals surface area contributed by atoms with Gasteiger partial charge in [-0.25, -0.2) is 13.6 Å². The summed E-state index contributed by atoms with van der Waals surface area (Å²) in [5.41, 5.74) is -1.63. The molecule has 1 aliphatic rings. The second kappa shape index (κ2) is 7.69. The standard InChI is InChI=1S/C19H27F2NO5/c1-18(2,3)27-17(25)22-14(8-11-6-12(20)9-13(21)7-11)16(15(24)10-23)26-19(22,4)5/h6-7,9,14-16,23-24H,8,10H2,1-5H3/t14-,15?,16+/m0/s1. The molecule has 1 aromatic rings. The Hall–Kier alpha value is -1.77. The Labute approximate surface area is 157 Å². The van der Waals surface area contributed by atoms with E-state index in [-0.39, 0.29) is 6.42 Å². The van der Waals surface area contributed by atoms with Gasteiger partial charge in [0.2, 0.25) is 0 Å². The van der Waals surface area contributed by atoms with Gasteiger partial charge in [-0.3, -0.25) is 4.90 Å². The Morgan fingerprint density at radius 2 is 1.85 bits per heavy atom. The third kappa shape index (κ3) is 5.15. The van der Waals surface area contributed by atoms with Crippen molar-refractivity contribution in [3.63, 3.8) is 0 Å². The molecule has 0 saturated carbocycles. The summed E-state index contributed by atoms with van der Waals surface area (Å²) >= 11 is 0. The van der Waals surface area contributed by atoms with Gasteiger partial charge in [-0.15, -0.1) is 0 Å². The molecule has 0 bridgehead atoms. The Morgan fingerprint density at radius 3 is 2.33 bits per heavy atom. The molecule has 0 spiro atoms. The number of ether oxygens (including phenoxy) is 2. The Balaban J connectivity index is 2.41. The minimum Gasteiger partial charge on any atom is -0.444 e. The number of hydrogen-bond donors (Lipinski definition) is 2. The van der Waals surface area contributed by atoms with E-state index in [1.807, 2.05) is 0 Å². The minimum atomic E-state index is -1.28. The number of aliphatic hydroxyl groups is 2. The van der Waals surface area contributed by atoms with E-state index in [0.717, 1.165) is 18.2 Å². The van der Waals surface area contributed by atoms with Crippen LogP contribution in [0, 0.1) is 11.6 Å². The van der Waals surface area contributed by atoms with Crippen LogP contribution in [0.15, 0.2) is 18.2 Å². The summed E-state index contributed by atoms with van der Waals surface area (Å²) in [5, 5.41) is 19.5. The van der Waals surface area contributed by atoms with Crippen LogP contribution in [0.2, 0.25) is 0 Å². The summed E-state index contributed by atoms with van der Waals surface area (Å²) in [6.07, 6.45) is -2.90. The van der Waals surface area contributed by atoms with Gasteiger partial charge in [0, 0.05) is 6.07 Å². The van der Waals surface area contributed by atoms with Crippen LogP contribution in [-0.4, -0.2) is 57.4 Å². The SMILES string of the molecule is CC(C)(C)OC(=O)N1[C@@H](Cc2cc(F)cc(F)c2)[C@H](C(O)CO)OC1(C)C. The quantitative estimate of drug-likeness (QED) is 0.830. The van der Waals surface area contributed by atoms with Gasteiger partial charge < -0.3 is 19.7 Å². The van der Waals surface area contributed by atoms with Crippen molar-refractivity contribution in [2.45, 2.75) is 70.6 Å². The number of halogens is 2. The number of aliphatic hydroxyl groups excluding tert-OH is 2. The van der Waals surface area contributed by atoms with E-state index in [1.165, 1.54) is 4.90 Å². The smallest absolute Gasteiger partial charge is 0.412 e. The molecule has 1 amide bonds. The summed E-state index contributed by atoms with van der Waals surface area (Å²) in [6, 6.07) is 2.27. The zero-order valence-electron chi connectivity index (χ0n) is 16.2. The Bertz CT molecular complexity index is 669. The van der Waals surface area contributed by atoms with Crippen molar-refractivity contribution >= 4 is 6.09 Å². The van der Waals surface area contributed by atoms with Crippen molar-refractivity contribution in [2.24, 2.45) is 0 Å². The lowest BCUT2D eigenvalue weighted by Gasteiger charge is -2.35. The Morgan fingerprint density at radius 1 is 1.30 bits per heavy atom. The van der Waals surface area contributed by atoms with Gasteiger partial charge in [-0.1, -0.05) is 0 Å². The average molecular weight is 387 g/mol. The molecule has 1 aromatic carbocycles. The van der Waals surface area contributed by atoms with Gasteiger partial charge in [-0.2, -0.15) is 0 Å². The first kappa shape index (κ1) is 21.5. The van der Waals surface area contributed by atoms with Crippen LogP contribution in [-0.2, 0) is 15.9 Å². The predicted molar refractivity (Wildman–Crippen MR) is 94.0 cm³/mol. The van der Waals surface area contributed by atoms with Crippen LogP contribution in [0.3, 0.4) is 0 Å². The average Bonchev–Trinajstić information content (AvgIpc) is 2.74. The van der Waals surface area contributed by atoms with Gasteiger partial charge in [0.05, 0.1) is 12.6 Å². The highest BCUT2D eigenvalue weighted by Crippen LogP contribution is 2.36. The number of carbonyl (C=O) groups excluding carboxylic acids is 1. The molecular formula is C19H27F2NO5. The zero-order valence-corrected chi connectivity index (χ0v) is 16.2. The van der Waals surface area contributed by atoms with Gasteiger partial charge in [-0.05, 0) is 58.7 Å². The van der Waals surface area contributed by atoms with Crippen molar-refractivity contribution in [1.82, 2.24) is 4.90 Å². The molecule has 0 aromatic heterocycles. The normalized spacial score (nSPS) is 23.4.